The zero-order valence-corrected chi connectivity index (χ0v) is 12.8. The Morgan fingerprint density at radius 3 is 2.62 bits per heavy atom. The standard InChI is InChI=1S/C18H25NO2/c1-2-19-18(15-9-13-8-14(13)10-15)12-4-5-16-17(11-12)21-7-3-6-20-16/h4-5,11,13-15,18-19H,2-3,6-10H2,1H3. The molecule has 0 bridgehead atoms. The van der Waals surface area contributed by atoms with Crippen LogP contribution < -0.4 is 14.8 Å². The summed E-state index contributed by atoms with van der Waals surface area (Å²) in [6.07, 6.45) is 5.25. The molecule has 3 heteroatoms. The Morgan fingerprint density at radius 2 is 1.86 bits per heavy atom. The molecule has 0 aromatic heterocycles. The number of ether oxygens (including phenoxy) is 2. The molecule has 3 nitrogen and oxygen atoms in total. The van der Waals surface area contributed by atoms with Crippen molar-refractivity contribution in [1.29, 1.82) is 0 Å². The van der Waals surface area contributed by atoms with E-state index in [2.05, 4.69) is 30.4 Å². The van der Waals surface area contributed by atoms with Gasteiger partial charge in [-0.1, -0.05) is 13.0 Å². The van der Waals surface area contributed by atoms with Crippen molar-refractivity contribution in [3.63, 3.8) is 0 Å². The van der Waals surface area contributed by atoms with E-state index in [4.69, 9.17) is 9.47 Å². The summed E-state index contributed by atoms with van der Waals surface area (Å²) >= 11 is 0. The first-order chi connectivity index (χ1) is 10.3. The Hall–Kier alpha value is -1.22. The zero-order valence-electron chi connectivity index (χ0n) is 12.8. The fourth-order valence-corrected chi connectivity index (χ4v) is 4.18. The van der Waals surface area contributed by atoms with Gasteiger partial charge in [0.1, 0.15) is 0 Å². The minimum Gasteiger partial charge on any atom is -0.490 e. The van der Waals surface area contributed by atoms with Crippen molar-refractivity contribution in [3.8, 4) is 11.5 Å². The molecule has 2 aliphatic carbocycles. The van der Waals surface area contributed by atoms with Gasteiger partial charge in [-0.05, 0) is 61.3 Å². The third-order valence-corrected chi connectivity index (χ3v) is 5.31. The highest BCUT2D eigenvalue weighted by Crippen LogP contribution is 2.57. The fraction of sp³-hybridized carbons (Fsp3) is 0.667. The van der Waals surface area contributed by atoms with Crippen LogP contribution in [0.15, 0.2) is 18.2 Å². The highest BCUT2D eigenvalue weighted by molar-refractivity contribution is 5.44. The Kier molecular flexibility index (Phi) is 3.54. The molecule has 3 unspecified atom stereocenters. The van der Waals surface area contributed by atoms with Gasteiger partial charge >= 0.3 is 0 Å². The van der Waals surface area contributed by atoms with Crippen LogP contribution in [0.3, 0.4) is 0 Å². The van der Waals surface area contributed by atoms with Gasteiger partial charge < -0.3 is 14.8 Å². The predicted octanol–water partition coefficient (Wildman–Crippen LogP) is 3.54. The normalized spacial score (nSPS) is 31.4. The van der Waals surface area contributed by atoms with E-state index in [0.29, 0.717) is 6.04 Å². The number of nitrogens with one attached hydrogen (secondary N) is 1. The molecular weight excluding hydrogens is 262 g/mol. The van der Waals surface area contributed by atoms with Crippen LogP contribution in [-0.2, 0) is 0 Å². The molecule has 1 aromatic rings. The molecule has 3 atom stereocenters. The molecule has 21 heavy (non-hydrogen) atoms. The minimum atomic E-state index is 0.472. The van der Waals surface area contributed by atoms with Crippen LogP contribution in [0.1, 0.15) is 44.2 Å². The zero-order chi connectivity index (χ0) is 14.2. The lowest BCUT2D eigenvalue weighted by Gasteiger charge is -2.26. The molecule has 0 amide bonds. The van der Waals surface area contributed by atoms with Crippen molar-refractivity contribution in [3.05, 3.63) is 23.8 Å². The summed E-state index contributed by atoms with van der Waals surface area (Å²) in [7, 11) is 0. The van der Waals surface area contributed by atoms with Crippen LogP contribution in [0.2, 0.25) is 0 Å². The van der Waals surface area contributed by atoms with Gasteiger partial charge in [0.2, 0.25) is 0 Å². The van der Waals surface area contributed by atoms with Gasteiger partial charge in [-0.2, -0.15) is 0 Å². The first-order valence-corrected chi connectivity index (χ1v) is 8.48. The van der Waals surface area contributed by atoms with E-state index in [1.54, 1.807) is 0 Å². The quantitative estimate of drug-likeness (QED) is 0.918. The first-order valence-electron chi connectivity index (χ1n) is 8.48. The van der Waals surface area contributed by atoms with E-state index in [9.17, 15) is 0 Å². The fourth-order valence-electron chi connectivity index (χ4n) is 4.18. The van der Waals surface area contributed by atoms with Crippen LogP contribution in [0.5, 0.6) is 11.5 Å². The lowest BCUT2D eigenvalue weighted by atomic mass is 9.89. The summed E-state index contributed by atoms with van der Waals surface area (Å²) in [5.74, 6) is 4.67. The summed E-state index contributed by atoms with van der Waals surface area (Å²) in [6.45, 7) is 4.74. The minimum absolute atomic E-state index is 0.472. The maximum Gasteiger partial charge on any atom is 0.161 e. The summed E-state index contributed by atoms with van der Waals surface area (Å²) in [5, 5.41) is 3.71. The van der Waals surface area contributed by atoms with Crippen LogP contribution in [0.25, 0.3) is 0 Å². The Labute approximate surface area is 127 Å². The molecule has 2 fully saturated rings. The second kappa shape index (κ2) is 5.53. The van der Waals surface area contributed by atoms with Crippen LogP contribution in [0, 0.1) is 17.8 Å². The van der Waals surface area contributed by atoms with E-state index in [-0.39, 0.29) is 0 Å². The topological polar surface area (TPSA) is 30.5 Å². The predicted molar refractivity (Wildman–Crippen MR) is 82.8 cm³/mol. The van der Waals surface area contributed by atoms with Crippen molar-refractivity contribution in [2.24, 2.45) is 17.8 Å². The molecule has 1 aliphatic heterocycles. The van der Waals surface area contributed by atoms with E-state index < -0.39 is 0 Å². The Balaban J connectivity index is 1.58. The molecule has 4 rings (SSSR count). The molecule has 1 N–H and O–H groups in total. The number of benzene rings is 1. The number of hydrogen-bond acceptors (Lipinski definition) is 3. The smallest absolute Gasteiger partial charge is 0.161 e. The molecule has 0 radical (unpaired) electrons. The SMILES string of the molecule is CCNC(c1ccc2c(c1)OCCCO2)C1CC2CC2C1. The number of rotatable bonds is 4. The van der Waals surface area contributed by atoms with Gasteiger partial charge in [-0.15, -0.1) is 0 Å². The summed E-state index contributed by atoms with van der Waals surface area (Å²) in [4.78, 5) is 0. The second-order valence-corrected chi connectivity index (χ2v) is 6.78. The van der Waals surface area contributed by atoms with E-state index in [1.807, 2.05) is 0 Å². The Morgan fingerprint density at radius 1 is 1.10 bits per heavy atom. The maximum atomic E-state index is 5.86. The third kappa shape index (κ3) is 2.64. The highest BCUT2D eigenvalue weighted by atomic mass is 16.5. The molecule has 0 saturated heterocycles. The van der Waals surface area contributed by atoms with Gasteiger partial charge in [-0.3, -0.25) is 0 Å². The van der Waals surface area contributed by atoms with Crippen molar-refractivity contribution >= 4 is 0 Å². The highest BCUT2D eigenvalue weighted by Gasteiger charge is 2.48. The molecule has 3 aliphatic rings. The van der Waals surface area contributed by atoms with Crippen LogP contribution in [-0.4, -0.2) is 19.8 Å². The van der Waals surface area contributed by atoms with Crippen LogP contribution >= 0.6 is 0 Å². The molecular formula is C18H25NO2. The first kappa shape index (κ1) is 13.4. The average molecular weight is 287 g/mol. The van der Waals surface area contributed by atoms with Crippen molar-refractivity contribution in [2.45, 2.75) is 38.6 Å². The lowest BCUT2D eigenvalue weighted by Crippen LogP contribution is -2.27. The van der Waals surface area contributed by atoms with Gasteiger partial charge in [0.25, 0.3) is 0 Å². The summed E-state index contributed by atoms with van der Waals surface area (Å²) < 4.78 is 11.6. The largest absolute Gasteiger partial charge is 0.490 e. The molecule has 0 spiro atoms. The lowest BCUT2D eigenvalue weighted by molar-refractivity contribution is 0.296. The second-order valence-electron chi connectivity index (χ2n) is 6.78. The number of hydrogen-bond donors (Lipinski definition) is 1. The Bertz CT molecular complexity index is 506. The van der Waals surface area contributed by atoms with Gasteiger partial charge in [0, 0.05) is 12.5 Å². The van der Waals surface area contributed by atoms with Crippen molar-refractivity contribution in [1.82, 2.24) is 5.32 Å². The van der Waals surface area contributed by atoms with E-state index >= 15 is 0 Å². The monoisotopic (exact) mass is 287 g/mol. The van der Waals surface area contributed by atoms with Gasteiger partial charge in [0.05, 0.1) is 13.2 Å². The average Bonchev–Trinajstić information content (AvgIpc) is 3.19. The molecule has 2 saturated carbocycles. The maximum absolute atomic E-state index is 5.86. The summed E-state index contributed by atoms with van der Waals surface area (Å²) in [6, 6.07) is 7.00. The number of fused-ring (bicyclic) bond motifs is 2. The molecule has 114 valence electrons. The van der Waals surface area contributed by atoms with Gasteiger partial charge in [-0.25, -0.2) is 0 Å². The van der Waals surface area contributed by atoms with Crippen LogP contribution in [0.4, 0.5) is 0 Å². The van der Waals surface area contributed by atoms with Crippen molar-refractivity contribution < 1.29 is 9.47 Å². The third-order valence-electron chi connectivity index (χ3n) is 5.31. The summed E-state index contributed by atoms with van der Waals surface area (Å²) in [5.41, 5.74) is 1.37. The molecule has 1 heterocycles. The van der Waals surface area contributed by atoms with Crippen molar-refractivity contribution in [2.75, 3.05) is 19.8 Å². The molecule has 1 aromatic carbocycles. The van der Waals surface area contributed by atoms with E-state index in [1.165, 1.54) is 24.8 Å². The van der Waals surface area contributed by atoms with Gasteiger partial charge in [0.15, 0.2) is 11.5 Å². The van der Waals surface area contributed by atoms with E-state index in [0.717, 1.165) is 55.4 Å².